The van der Waals surface area contributed by atoms with Gasteiger partial charge in [-0.3, -0.25) is 0 Å². The van der Waals surface area contributed by atoms with Crippen molar-refractivity contribution >= 4 is 12.0 Å². The maximum Gasteiger partial charge on any atom is 0.122 e. The molecule has 1 aliphatic carbocycles. The molecule has 3 nitrogen and oxygen atoms in total. The molecule has 0 N–H and O–H groups in total. The molecule has 0 atom stereocenters. The van der Waals surface area contributed by atoms with Crippen LogP contribution in [-0.2, 0) is 0 Å². The van der Waals surface area contributed by atoms with Crippen LogP contribution in [0.5, 0.6) is 5.75 Å². The van der Waals surface area contributed by atoms with Gasteiger partial charge < -0.3 is 9.64 Å². The van der Waals surface area contributed by atoms with E-state index in [4.69, 9.17) is 4.74 Å². The third kappa shape index (κ3) is 3.49. The summed E-state index contributed by atoms with van der Waals surface area (Å²) in [5.74, 6) is 1.79. The molecule has 1 aromatic carbocycles. The Kier molecular flexibility index (Phi) is 3.90. The summed E-state index contributed by atoms with van der Waals surface area (Å²) in [5, 5.41) is 0. The third-order valence-corrected chi connectivity index (χ3v) is 3.09. The highest BCUT2D eigenvalue weighted by Crippen LogP contribution is 2.32. The van der Waals surface area contributed by atoms with Crippen LogP contribution in [-0.4, -0.2) is 31.9 Å². The number of hydrogen-bond donors (Lipinski definition) is 0. The van der Waals surface area contributed by atoms with Crippen LogP contribution in [0, 0.1) is 19.8 Å². The zero-order chi connectivity index (χ0) is 13.1. The molecule has 0 unspecified atom stereocenters. The average Bonchev–Trinajstić information content (AvgIpc) is 3.11. The Bertz CT molecular complexity index is 448. The van der Waals surface area contributed by atoms with Gasteiger partial charge in [-0.25, -0.2) is 4.99 Å². The Balaban J connectivity index is 2.11. The van der Waals surface area contributed by atoms with Gasteiger partial charge in [0.15, 0.2) is 0 Å². The summed E-state index contributed by atoms with van der Waals surface area (Å²) in [4.78, 5) is 6.40. The van der Waals surface area contributed by atoms with Gasteiger partial charge in [0.05, 0.1) is 18.6 Å². The topological polar surface area (TPSA) is 24.8 Å². The second-order valence-electron chi connectivity index (χ2n) is 5.37. The Morgan fingerprint density at radius 3 is 2.61 bits per heavy atom. The van der Waals surface area contributed by atoms with Crippen molar-refractivity contribution in [2.75, 3.05) is 20.7 Å². The van der Waals surface area contributed by atoms with E-state index < -0.39 is 0 Å². The van der Waals surface area contributed by atoms with Crippen molar-refractivity contribution in [1.82, 2.24) is 4.90 Å². The zero-order valence-corrected chi connectivity index (χ0v) is 11.7. The van der Waals surface area contributed by atoms with E-state index in [-0.39, 0.29) is 0 Å². The summed E-state index contributed by atoms with van der Waals surface area (Å²) in [7, 11) is 3.94. The van der Waals surface area contributed by atoms with Gasteiger partial charge in [-0.05, 0) is 55.9 Å². The first-order valence-corrected chi connectivity index (χ1v) is 6.51. The van der Waals surface area contributed by atoms with Gasteiger partial charge in [0.1, 0.15) is 5.75 Å². The van der Waals surface area contributed by atoms with Gasteiger partial charge >= 0.3 is 0 Å². The molecule has 98 valence electrons. The van der Waals surface area contributed by atoms with Crippen molar-refractivity contribution in [1.29, 1.82) is 0 Å². The molecule has 0 spiro atoms. The highest BCUT2D eigenvalue weighted by atomic mass is 16.5. The monoisotopic (exact) mass is 246 g/mol. The molecule has 0 amide bonds. The SMILES string of the molecule is Cc1cc(OCC2CC2)c(C)cc1N=CN(C)C. The van der Waals surface area contributed by atoms with Crippen LogP contribution in [0.25, 0.3) is 0 Å². The second kappa shape index (κ2) is 5.42. The van der Waals surface area contributed by atoms with Crippen molar-refractivity contribution in [2.24, 2.45) is 10.9 Å². The van der Waals surface area contributed by atoms with Crippen LogP contribution in [0.4, 0.5) is 5.69 Å². The molecular weight excluding hydrogens is 224 g/mol. The number of ether oxygens (including phenoxy) is 1. The van der Waals surface area contributed by atoms with E-state index in [1.54, 1.807) is 0 Å². The zero-order valence-electron chi connectivity index (χ0n) is 11.7. The molecule has 18 heavy (non-hydrogen) atoms. The summed E-state index contributed by atoms with van der Waals surface area (Å²) in [6.07, 6.45) is 4.47. The molecule has 1 saturated carbocycles. The first kappa shape index (κ1) is 12.9. The van der Waals surface area contributed by atoms with Gasteiger partial charge in [0, 0.05) is 14.1 Å². The van der Waals surface area contributed by atoms with E-state index in [0.717, 1.165) is 35.1 Å². The molecule has 0 bridgehead atoms. The predicted molar refractivity (Wildman–Crippen MR) is 76.0 cm³/mol. The minimum atomic E-state index is 0.788. The Labute approximate surface area is 109 Å². The van der Waals surface area contributed by atoms with Crippen LogP contribution in [0.2, 0.25) is 0 Å². The summed E-state index contributed by atoms with van der Waals surface area (Å²) < 4.78 is 5.86. The van der Waals surface area contributed by atoms with Crippen molar-refractivity contribution in [3.63, 3.8) is 0 Å². The first-order valence-electron chi connectivity index (χ1n) is 6.51. The standard InChI is InChI=1S/C15H22N2O/c1-11-8-15(18-9-13-5-6-13)12(2)7-14(11)16-10-17(3)4/h7-8,10,13H,5-6,9H2,1-4H3. The Hall–Kier alpha value is -1.51. The lowest BCUT2D eigenvalue weighted by Crippen LogP contribution is -2.07. The van der Waals surface area contributed by atoms with Gasteiger partial charge in [-0.15, -0.1) is 0 Å². The number of hydrogen-bond acceptors (Lipinski definition) is 2. The van der Waals surface area contributed by atoms with E-state index in [0.29, 0.717) is 0 Å². The van der Waals surface area contributed by atoms with Crippen molar-refractivity contribution in [3.8, 4) is 5.75 Å². The molecular formula is C15H22N2O. The quantitative estimate of drug-likeness (QED) is 0.588. The molecule has 0 aromatic heterocycles. The number of benzene rings is 1. The molecule has 0 heterocycles. The summed E-state index contributed by atoms with van der Waals surface area (Å²) in [6.45, 7) is 5.02. The Morgan fingerprint density at radius 2 is 2.00 bits per heavy atom. The number of aliphatic imine (C=N–C) groups is 1. The van der Waals surface area contributed by atoms with Gasteiger partial charge in [0.2, 0.25) is 0 Å². The molecule has 0 radical (unpaired) electrons. The Morgan fingerprint density at radius 1 is 1.28 bits per heavy atom. The van der Waals surface area contributed by atoms with Crippen LogP contribution in [0.3, 0.4) is 0 Å². The summed E-state index contributed by atoms with van der Waals surface area (Å²) in [6, 6.07) is 4.19. The first-order chi connectivity index (χ1) is 8.56. The van der Waals surface area contributed by atoms with E-state index >= 15 is 0 Å². The van der Waals surface area contributed by atoms with Crippen molar-refractivity contribution in [2.45, 2.75) is 26.7 Å². The van der Waals surface area contributed by atoms with Gasteiger partial charge in [0.25, 0.3) is 0 Å². The molecule has 1 aromatic rings. The minimum absolute atomic E-state index is 0.788. The van der Waals surface area contributed by atoms with Gasteiger partial charge in [-0.2, -0.15) is 0 Å². The summed E-state index contributed by atoms with van der Waals surface area (Å²) >= 11 is 0. The van der Waals surface area contributed by atoms with Crippen LogP contribution < -0.4 is 4.74 Å². The van der Waals surface area contributed by atoms with E-state index in [1.165, 1.54) is 12.8 Å². The van der Waals surface area contributed by atoms with Crippen molar-refractivity contribution in [3.05, 3.63) is 23.3 Å². The smallest absolute Gasteiger partial charge is 0.122 e. The summed E-state index contributed by atoms with van der Waals surface area (Å²) in [5.41, 5.74) is 3.33. The maximum absolute atomic E-state index is 5.86. The van der Waals surface area contributed by atoms with Crippen molar-refractivity contribution < 1.29 is 4.74 Å². The molecule has 3 heteroatoms. The predicted octanol–water partition coefficient (Wildman–Crippen LogP) is 3.31. The molecule has 0 aliphatic heterocycles. The lowest BCUT2D eigenvalue weighted by atomic mass is 10.1. The van der Waals surface area contributed by atoms with Gasteiger partial charge in [-0.1, -0.05) is 0 Å². The van der Waals surface area contributed by atoms with Crippen LogP contribution >= 0.6 is 0 Å². The number of aryl methyl sites for hydroxylation is 2. The molecule has 2 rings (SSSR count). The lowest BCUT2D eigenvalue weighted by molar-refractivity contribution is 0.297. The maximum atomic E-state index is 5.86. The van der Waals surface area contributed by atoms with Crippen LogP contribution in [0.15, 0.2) is 17.1 Å². The van der Waals surface area contributed by atoms with Crippen LogP contribution in [0.1, 0.15) is 24.0 Å². The fourth-order valence-electron chi connectivity index (χ4n) is 1.74. The molecule has 1 fully saturated rings. The average molecular weight is 246 g/mol. The fraction of sp³-hybridized carbons (Fsp3) is 0.533. The number of nitrogens with zero attached hydrogens (tertiary/aromatic N) is 2. The number of rotatable bonds is 5. The third-order valence-electron chi connectivity index (χ3n) is 3.09. The lowest BCUT2D eigenvalue weighted by Gasteiger charge is -2.11. The second-order valence-corrected chi connectivity index (χ2v) is 5.37. The highest BCUT2D eigenvalue weighted by Gasteiger charge is 2.22. The normalized spacial score (nSPS) is 15.1. The van der Waals surface area contributed by atoms with E-state index in [9.17, 15) is 0 Å². The molecule has 0 saturated heterocycles. The largest absolute Gasteiger partial charge is 0.493 e. The fourth-order valence-corrected chi connectivity index (χ4v) is 1.74. The minimum Gasteiger partial charge on any atom is -0.493 e. The molecule has 1 aliphatic rings. The van der Waals surface area contributed by atoms with E-state index in [1.807, 2.05) is 25.3 Å². The highest BCUT2D eigenvalue weighted by molar-refractivity contribution is 5.64. The van der Waals surface area contributed by atoms with E-state index in [2.05, 4.69) is 31.0 Å².